The van der Waals surface area contributed by atoms with Crippen molar-refractivity contribution in [2.24, 2.45) is 0 Å². The molecule has 0 radical (unpaired) electrons. The van der Waals surface area contributed by atoms with Gasteiger partial charge in [-0.25, -0.2) is 4.98 Å². The van der Waals surface area contributed by atoms with E-state index in [0.29, 0.717) is 30.1 Å². The van der Waals surface area contributed by atoms with Crippen LogP contribution in [-0.4, -0.2) is 30.5 Å². The fraction of sp³-hybridized carbons (Fsp3) is 0.250. The summed E-state index contributed by atoms with van der Waals surface area (Å²) >= 11 is 2.93. The number of hydrogen-bond acceptors (Lipinski definition) is 6. The molecule has 2 amide bonds. The van der Waals surface area contributed by atoms with Crippen LogP contribution in [0, 0.1) is 6.92 Å². The standard InChI is InChI=1S/C20H21N3O3S2/c1-13-18(14-5-7-16(26-2)8-6-14)23-20(28-13)22-17(24)4-3-10-21-19(25)15-9-11-27-12-15/h5-9,11-12H,3-4,10H2,1-2H3,(H,21,25)(H,22,23,24). The molecule has 2 heterocycles. The van der Waals surface area contributed by atoms with Gasteiger partial charge in [0.1, 0.15) is 5.75 Å². The number of carbonyl (C=O) groups is 2. The molecule has 0 bridgehead atoms. The van der Waals surface area contributed by atoms with Gasteiger partial charge in [0.05, 0.1) is 12.8 Å². The Morgan fingerprint density at radius 2 is 1.96 bits per heavy atom. The zero-order valence-corrected chi connectivity index (χ0v) is 17.3. The van der Waals surface area contributed by atoms with E-state index in [9.17, 15) is 9.59 Å². The molecular formula is C20H21N3O3S2. The molecule has 0 spiro atoms. The highest BCUT2D eigenvalue weighted by atomic mass is 32.1. The Hall–Kier alpha value is -2.71. The van der Waals surface area contributed by atoms with Crippen molar-refractivity contribution in [3.63, 3.8) is 0 Å². The number of aryl methyl sites for hydroxylation is 1. The lowest BCUT2D eigenvalue weighted by Gasteiger charge is -2.04. The molecule has 0 saturated carbocycles. The van der Waals surface area contributed by atoms with Crippen molar-refractivity contribution >= 4 is 39.6 Å². The Balaban J connectivity index is 1.48. The van der Waals surface area contributed by atoms with Gasteiger partial charge in [-0.1, -0.05) is 0 Å². The highest BCUT2D eigenvalue weighted by Gasteiger charge is 2.12. The lowest BCUT2D eigenvalue weighted by molar-refractivity contribution is -0.116. The van der Waals surface area contributed by atoms with Crippen LogP contribution in [0.4, 0.5) is 5.13 Å². The summed E-state index contributed by atoms with van der Waals surface area (Å²) in [5.41, 5.74) is 2.48. The van der Waals surface area contributed by atoms with Gasteiger partial charge >= 0.3 is 0 Å². The number of nitrogens with zero attached hydrogens (tertiary/aromatic N) is 1. The molecule has 1 aromatic carbocycles. The maximum Gasteiger partial charge on any atom is 0.252 e. The number of rotatable bonds is 8. The van der Waals surface area contributed by atoms with Gasteiger partial charge in [-0.2, -0.15) is 11.3 Å². The van der Waals surface area contributed by atoms with E-state index in [0.717, 1.165) is 21.9 Å². The third-order valence-electron chi connectivity index (χ3n) is 4.06. The number of thiazole rings is 1. The third kappa shape index (κ3) is 5.17. The predicted octanol–water partition coefficient (Wildman–Crippen LogP) is 4.34. The molecule has 0 aliphatic heterocycles. The monoisotopic (exact) mass is 415 g/mol. The van der Waals surface area contributed by atoms with Crippen LogP contribution >= 0.6 is 22.7 Å². The minimum Gasteiger partial charge on any atom is -0.497 e. The van der Waals surface area contributed by atoms with Gasteiger partial charge in [-0.15, -0.1) is 11.3 Å². The van der Waals surface area contributed by atoms with E-state index in [1.54, 1.807) is 18.6 Å². The Morgan fingerprint density at radius 1 is 1.18 bits per heavy atom. The van der Waals surface area contributed by atoms with Crippen molar-refractivity contribution < 1.29 is 14.3 Å². The second-order valence-corrected chi connectivity index (χ2v) is 8.06. The molecule has 3 rings (SSSR count). The molecule has 0 atom stereocenters. The summed E-state index contributed by atoms with van der Waals surface area (Å²) in [5.74, 6) is 0.567. The number of anilines is 1. The Bertz CT molecular complexity index is 934. The normalized spacial score (nSPS) is 10.5. The molecular weight excluding hydrogens is 394 g/mol. The minimum atomic E-state index is -0.111. The summed E-state index contributed by atoms with van der Waals surface area (Å²) in [6.07, 6.45) is 0.887. The fourth-order valence-electron chi connectivity index (χ4n) is 2.59. The SMILES string of the molecule is COc1ccc(-c2nc(NC(=O)CCCNC(=O)c3ccsc3)sc2C)cc1. The molecule has 8 heteroatoms. The first-order valence-corrected chi connectivity index (χ1v) is 10.5. The van der Waals surface area contributed by atoms with E-state index in [4.69, 9.17) is 4.74 Å². The van der Waals surface area contributed by atoms with Crippen LogP contribution in [0.3, 0.4) is 0 Å². The van der Waals surface area contributed by atoms with Crippen molar-refractivity contribution in [3.8, 4) is 17.0 Å². The number of aromatic nitrogens is 1. The van der Waals surface area contributed by atoms with Crippen molar-refractivity contribution in [2.45, 2.75) is 19.8 Å². The first-order valence-electron chi connectivity index (χ1n) is 8.79. The number of methoxy groups -OCH3 is 1. The van der Waals surface area contributed by atoms with Gasteiger partial charge in [0.25, 0.3) is 5.91 Å². The molecule has 2 aromatic heterocycles. The van der Waals surface area contributed by atoms with Crippen LogP contribution in [0.2, 0.25) is 0 Å². The Kier molecular flexibility index (Phi) is 6.78. The van der Waals surface area contributed by atoms with Crippen LogP contribution in [0.5, 0.6) is 5.75 Å². The van der Waals surface area contributed by atoms with Crippen LogP contribution in [0.15, 0.2) is 41.1 Å². The average molecular weight is 416 g/mol. The molecule has 146 valence electrons. The van der Waals surface area contributed by atoms with Gasteiger partial charge in [0, 0.05) is 34.3 Å². The summed E-state index contributed by atoms with van der Waals surface area (Å²) in [5, 5.41) is 9.89. The molecule has 0 saturated heterocycles. The topological polar surface area (TPSA) is 80.3 Å². The first-order chi connectivity index (χ1) is 13.6. The number of nitrogens with one attached hydrogen (secondary N) is 2. The van der Waals surface area contributed by atoms with Crippen molar-refractivity contribution in [3.05, 3.63) is 51.5 Å². The molecule has 0 aliphatic rings. The van der Waals surface area contributed by atoms with Crippen molar-refractivity contribution in [2.75, 3.05) is 19.0 Å². The molecule has 0 aliphatic carbocycles. The highest BCUT2D eigenvalue weighted by molar-refractivity contribution is 7.16. The zero-order valence-electron chi connectivity index (χ0n) is 15.7. The number of hydrogen-bond donors (Lipinski definition) is 2. The van der Waals surface area contributed by atoms with E-state index in [2.05, 4.69) is 15.6 Å². The lowest BCUT2D eigenvalue weighted by Crippen LogP contribution is -2.25. The van der Waals surface area contributed by atoms with Gasteiger partial charge in [0.15, 0.2) is 5.13 Å². The van der Waals surface area contributed by atoms with E-state index in [1.807, 2.05) is 36.6 Å². The first kappa shape index (κ1) is 20.0. The highest BCUT2D eigenvalue weighted by Crippen LogP contribution is 2.31. The minimum absolute atomic E-state index is 0.110. The van der Waals surface area contributed by atoms with Crippen molar-refractivity contribution in [1.82, 2.24) is 10.3 Å². The Morgan fingerprint density at radius 3 is 2.64 bits per heavy atom. The molecule has 28 heavy (non-hydrogen) atoms. The fourth-order valence-corrected chi connectivity index (χ4v) is 4.08. The largest absolute Gasteiger partial charge is 0.497 e. The van der Waals surface area contributed by atoms with Crippen LogP contribution in [0.25, 0.3) is 11.3 Å². The summed E-state index contributed by atoms with van der Waals surface area (Å²) in [6.45, 7) is 2.43. The third-order valence-corrected chi connectivity index (χ3v) is 5.63. The molecule has 3 aromatic rings. The summed E-state index contributed by atoms with van der Waals surface area (Å²) < 4.78 is 5.18. The second kappa shape index (κ2) is 9.48. The van der Waals surface area contributed by atoms with Gasteiger partial charge in [0.2, 0.25) is 5.91 Å². The number of carbonyl (C=O) groups excluding carboxylic acids is 2. The summed E-state index contributed by atoms with van der Waals surface area (Å²) in [4.78, 5) is 29.6. The van der Waals surface area contributed by atoms with Gasteiger partial charge in [-0.05, 0) is 49.1 Å². The number of amides is 2. The van der Waals surface area contributed by atoms with Crippen LogP contribution < -0.4 is 15.4 Å². The number of benzene rings is 1. The van der Waals surface area contributed by atoms with E-state index in [1.165, 1.54) is 22.7 Å². The zero-order chi connectivity index (χ0) is 19.9. The molecule has 0 unspecified atom stereocenters. The van der Waals surface area contributed by atoms with Crippen molar-refractivity contribution in [1.29, 1.82) is 0 Å². The predicted molar refractivity (Wildman–Crippen MR) is 113 cm³/mol. The maximum atomic E-state index is 12.2. The van der Waals surface area contributed by atoms with E-state index >= 15 is 0 Å². The average Bonchev–Trinajstić information content (AvgIpc) is 3.35. The van der Waals surface area contributed by atoms with Crippen LogP contribution in [0.1, 0.15) is 28.1 Å². The van der Waals surface area contributed by atoms with Gasteiger partial charge in [-0.3, -0.25) is 9.59 Å². The van der Waals surface area contributed by atoms with E-state index < -0.39 is 0 Å². The summed E-state index contributed by atoms with van der Waals surface area (Å²) in [6, 6.07) is 9.44. The van der Waals surface area contributed by atoms with Crippen LogP contribution in [-0.2, 0) is 4.79 Å². The Labute approximate surface area is 171 Å². The smallest absolute Gasteiger partial charge is 0.252 e. The number of thiophene rings is 1. The summed E-state index contributed by atoms with van der Waals surface area (Å²) in [7, 11) is 1.63. The second-order valence-electron chi connectivity index (χ2n) is 6.07. The molecule has 0 fully saturated rings. The molecule has 2 N–H and O–H groups in total. The number of ether oxygens (including phenoxy) is 1. The lowest BCUT2D eigenvalue weighted by atomic mass is 10.1. The quantitative estimate of drug-likeness (QED) is 0.537. The molecule has 6 nitrogen and oxygen atoms in total. The van der Waals surface area contributed by atoms with E-state index in [-0.39, 0.29) is 11.8 Å². The van der Waals surface area contributed by atoms with Gasteiger partial charge < -0.3 is 15.4 Å². The maximum absolute atomic E-state index is 12.2.